The van der Waals surface area contributed by atoms with Crippen LogP contribution in [0.15, 0.2) is 54.6 Å². The molecular formula is C18H21NO3. The van der Waals surface area contributed by atoms with Crippen molar-refractivity contribution < 1.29 is 14.3 Å². The highest BCUT2D eigenvalue weighted by molar-refractivity contribution is 5.86. The highest BCUT2D eigenvalue weighted by atomic mass is 16.6. The van der Waals surface area contributed by atoms with E-state index in [0.717, 1.165) is 12.2 Å². The monoisotopic (exact) mass is 299 g/mol. The van der Waals surface area contributed by atoms with Crippen molar-refractivity contribution in [2.24, 2.45) is 0 Å². The largest absolute Gasteiger partial charge is 0.494 e. The smallest absolute Gasteiger partial charge is 0.417 e. The zero-order valence-electron chi connectivity index (χ0n) is 12.7. The number of amides is 1. The first kappa shape index (κ1) is 15.9. The van der Waals surface area contributed by atoms with Gasteiger partial charge >= 0.3 is 6.09 Å². The Morgan fingerprint density at radius 2 is 1.64 bits per heavy atom. The zero-order chi connectivity index (χ0) is 15.6. The minimum atomic E-state index is -0.511. The summed E-state index contributed by atoms with van der Waals surface area (Å²) >= 11 is 0. The van der Waals surface area contributed by atoms with E-state index in [1.165, 1.54) is 12.8 Å². The molecule has 0 aliphatic heterocycles. The molecule has 0 aliphatic carbocycles. The van der Waals surface area contributed by atoms with Crippen molar-refractivity contribution in [1.82, 2.24) is 0 Å². The van der Waals surface area contributed by atoms with E-state index in [-0.39, 0.29) is 0 Å². The van der Waals surface area contributed by atoms with Crippen molar-refractivity contribution in [3.63, 3.8) is 0 Å². The van der Waals surface area contributed by atoms with Crippen molar-refractivity contribution >= 4 is 11.8 Å². The van der Waals surface area contributed by atoms with Crippen molar-refractivity contribution in [3.05, 3.63) is 54.6 Å². The molecule has 22 heavy (non-hydrogen) atoms. The summed E-state index contributed by atoms with van der Waals surface area (Å²) < 4.78 is 10.8. The van der Waals surface area contributed by atoms with E-state index in [0.29, 0.717) is 18.0 Å². The summed E-state index contributed by atoms with van der Waals surface area (Å²) in [5, 5.41) is 2.66. The molecule has 0 unspecified atom stereocenters. The molecule has 0 spiro atoms. The molecule has 1 N–H and O–H groups in total. The summed E-state index contributed by atoms with van der Waals surface area (Å²) in [4.78, 5) is 11.7. The number of carbonyl (C=O) groups is 1. The van der Waals surface area contributed by atoms with Gasteiger partial charge in [-0.15, -0.1) is 0 Å². The summed E-state index contributed by atoms with van der Waals surface area (Å²) in [7, 11) is 0. The van der Waals surface area contributed by atoms with Gasteiger partial charge in [0, 0.05) is 5.69 Å². The van der Waals surface area contributed by atoms with Crippen LogP contribution in [-0.4, -0.2) is 12.7 Å². The van der Waals surface area contributed by atoms with E-state index < -0.39 is 6.09 Å². The van der Waals surface area contributed by atoms with Crippen LogP contribution in [-0.2, 0) is 0 Å². The Hall–Kier alpha value is -2.49. The van der Waals surface area contributed by atoms with Crippen molar-refractivity contribution in [1.29, 1.82) is 0 Å². The van der Waals surface area contributed by atoms with E-state index >= 15 is 0 Å². The van der Waals surface area contributed by atoms with Crippen LogP contribution in [0, 0.1) is 0 Å². The SMILES string of the molecule is CCCCCOc1ccc(OC(=O)Nc2ccccc2)cc1. The lowest BCUT2D eigenvalue weighted by Gasteiger charge is -2.08. The van der Waals surface area contributed by atoms with E-state index in [9.17, 15) is 4.79 Å². The van der Waals surface area contributed by atoms with Gasteiger partial charge in [-0.05, 0) is 42.8 Å². The van der Waals surface area contributed by atoms with Gasteiger partial charge in [-0.1, -0.05) is 38.0 Å². The van der Waals surface area contributed by atoms with Crippen LogP contribution in [0.25, 0.3) is 0 Å². The molecule has 0 aromatic heterocycles. The molecule has 0 aliphatic rings. The van der Waals surface area contributed by atoms with Gasteiger partial charge in [0.15, 0.2) is 0 Å². The fourth-order valence-electron chi connectivity index (χ4n) is 1.92. The van der Waals surface area contributed by atoms with Gasteiger partial charge < -0.3 is 9.47 Å². The third-order valence-electron chi connectivity index (χ3n) is 3.07. The second-order valence-corrected chi connectivity index (χ2v) is 4.91. The highest BCUT2D eigenvalue weighted by Crippen LogP contribution is 2.18. The quantitative estimate of drug-likeness (QED) is 0.742. The summed E-state index contributed by atoms with van der Waals surface area (Å²) in [6.45, 7) is 2.87. The molecule has 2 aromatic rings. The molecule has 4 heteroatoms. The Labute approximate surface area is 131 Å². The predicted molar refractivity (Wildman–Crippen MR) is 87.6 cm³/mol. The van der Waals surface area contributed by atoms with Crippen LogP contribution in [0.5, 0.6) is 11.5 Å². The predicted octanol–water partition coefficient (Wildman–Crippen LogP) is 4.87. The summed E-state index contributed by atoms with van der Waals surface area (Å²) in [6.07, 6.45) is 2.88. The Morgan fingerprint density at radius 1 is 0.955 bits per heavy atom. The Balaban J connectivity index is 1.79. The molecule has 0 saturated carbocycles. The number of hydrogen-bond acceptors (Lipinski definition) is 3. The molecule has 116 valence electrons. The number of nitrogens with one attached hydrogen (secondary N) is 1. The first-order chi connectivity index (χ1) is 10.8. The number of anilines is 1. The molecule has 1 amide bonds. The van der Waals surface area contributed by atoms with E-state index in [1.807, 2.05) is 18.2 Å². The molecule has 2 rings (SSSR count). The van der Waals surface area contributed by atoms with Crippen LogP contribution >= 0.6 is 0 Å². The molecule has 0 radical (unpaired) electrons. The molecular weight excluding hydrogens is 278 g/mol. The number of para-hydroxylation sites is 1. The summed E-state index contributed by atoms with van der Waals surface area (Å²) in [6, 6.07) is 16.2. The van der Waals surface area contributed by atoms with Crippen LogP contribution in [0.1, 0.15) is 26.2 Å². The number of ether oxygens (including phenoxy) is 2. The molecule has 0 atom stereocenters. The molecule has 0 heterocycles. The topological polar surface area (TPSA) is 47.6 Å². The summed E-state index contributed by atoms with van der Waals surface area (Å²) in [5.74, 6) is 1.27. The van der Waals surface area contributed by atoms with E-state index in [4.69, 9.17) is 9.47 Å². The Morgan fingerprint density at radius 3 is 2.32 bits per heavy atom. The van der Waals surface area contributed by atoms with Gasteiger partial charge in [0.05, 0.1) is 6.61 Å². The maximum Gasteiger partial charge on any atom is 0.417 e. The van der Waals surface area contributed by atoms with Crippen LogP contribution in [0.2, 0.25) is 0 Å². The van der Waals surface area contributed by atoms with Crippen molar-refractivity contribution in [2.75, 3.05) is 11.9 Å². The second kappa shape index (κ2) is 8.72. The average Bonchev–Trinajstić information content (AvgIpc) is 2.54. The normalized spacial score (nSPS) is 10.0. The van der Waals surface area contributed by atoms with Crippen molar-refractivity contribution in [2.45, 2.75) is 26.2 Å². The average molecular weight is 299 g/mol. The van der Waals surface area contributed by atoms with Crippen molar-refractivity contribution in [3.8, 4) is 11.5 Å². The zero-order valence-corrected chi connectivity index (χ0v) is 12.7. The van der Waals surface area contributed by atoms with Gasteiger partial charge in [-0.2, -0.15) is 0 Å². The van der Waals surface area contributed by atoms with Gasteiger partial charge in [0.25, 0.3) is 0 Å². The number of carbonyl (C=O) groups excluding carboxylic acids is 1. The molecule has 0 fully saturated rings. The van der Waals surface area contributed by atoms with E-state index in [1.54, 1.807) is 36.4 Å². The molecule has 4 nitrogen and oxygen atoms in total. The van der Waals surface area contributed by atoms with Gasteiger partial charge in [0.2, 0.25) is 0 Å². The fraction of sp³-hybridized carbons (Fsp3) is 0.278. The second-order valence-electron chi connectivity index (χ2n) is 4.91. The van der Waals surface area contributed by atoms with Crippen LogP contribution < -0.4 is 14.8 Å². The first-order valence-electron chi connectivity index (χ1n) is 7.54. The third kappa shape index (κ3) is 5.48. The molecule has 0 saturated heterocycles. The third-order valence-corrected chi connectivity index (χ3v) is 3.07. The lowest BCUT2D eigenvalue weighted by Crippen LogP contribution is -2.16. The Kier molecular flexibility index (Phi) is 6.30. The maximum absolute atomic E-state index is 11.7. The van der Waals surface area contributed by atoms with E-state index in [2.05, 4.69) is 12.2 Å². The maximum atomic E-state index is 11.7. The van der Waals surface area contributed by atoms with Gasteiger partial charge in [0.1, 0.15) is 11.5 Å². The van der Waals surface area contributed by atoms with Gasteiger partial charge in [-0.3, -0.25) is 5.32 Å². The minimum absolute atomic E-state index is 0.481. The number of hydrogen-bond donors (Lipinski definition) is 1. The van der Waals surface area contributed by atoms with Crippen LogP contribution in [0.4, 0.5) is 10.5 Å². The number of unbranched alkanes of at least 4 members (excludes halogenated alkanes) is 2. The summed E-state index contributed by atoms with van der Waals surface area (Å²) in [5.41, 5.74) is 0.698. The Bertz CT molecular complexity index is 567. The molecule has 0 bridgehead atoms. The highest BCUT2D eigenvalue weighted by Gasteiger charge is 2.05. The molecule has 2 aromatic carbocycles. The number of benzene rings is 2. The fourth-order valence-corrected chi connectivity index (χ4v) is 1.92. The lowest BCUT2D eigenvalue weighted by atomic mass is 10.3. The lowest BCUT2D eigenvalue weighted by molar-refractivity contribution is 0.215. The van der Waals surface area contributed by atoms with Gasteiger partial charge in [-0.25, -0.2) is 4.79 Å². The minimum Gasteiger partial charge on any atom is -0.494 e. The number of rotatable bonds is 7. The van der Waals surface area contributed by atoms with Crippen LogP contribution in [0.3, 0.4) is 0 Å². The first-order valence-corrected chi connectivity index (χ1v) is 7.54. The standard InChI is InChI=1S/C18H21NO3/c1-2-3-7-14-21-16-10-12-17(13-11-16)22-18(20)19-15-8-5-4-6-9-15/h4-6,8-13H,2-3,7,14H2,1H3,(H,19,20).